The normalized spacial score (nSPS) is 9.74. The quantitative estimate of drug-likeness (QED) is 0.479. The van der Waals surface area contributed by atoms with Crippen molar-refractivity contribution < 1.29 is 19.1 Å². The van der Waals surface area contributed by atoms with Gasteiger partial charge in [-0.1, -0.05) is 18.2 Å². The van der Waals surface area contributed by atoms with Crippen LogP contribution in [0, 0.1) is 0 Å². The fraction of sp³-hybridized carbons (Fsp3) is 0.0667. The predicted octanol–water partition coefficient (Wildman–Crippen LogP) is 3.47. The molecule has 4 nitrogen and oxygen atoms in total. The van der Waals surface area contributed by atoms with Crippen molar-refractivity contribution in [2.75, 3.05) is 0 Å². The SMILES string of the molecule is CC(=O)c1ccc(OC(=O)Oc2ccccc2)cc1. The van der Waals surface area contributed by atoms with E-state index in [2.05, 4.69) is 0 Å². The van der Waals surface area contributed by atoms with Gasteiger partial charge in [-0.2, -0.15) is 0 Å². The van der Waals surface area contributed by atoms with E-state index in [1.54, 1.807) is 48.5 Å². The Balaban J connectivity index is 1.97. The Bertz CT molecular complexity index is 573. The van der Waals surface area contributed by atoms with Gasteiger partial charge in [0.15, 0.2) is 5.78 Å². The zero-order chi connectivity index (χ0) is 13.7. The molecule has 0 unspecified atom stereocenters. The average molecular weight is 256 g/mol. The maximum absolute atomic E-state index is 11.5. The van der Waals surface area contributed by atoms with Gasteiger partial charge in [0.1, 0.15) is 11.5 Å². The molecule has 0 aliphatic carbocycles. The molecule has 0 saturated heterocycles. The van der Waals surface area contributed by atoms with Crippen LogP contribution < -0.4 is 9.47 Å². The molecule has 2 aromatic rings. The summed E-state index contributed by atoms with van der Waals surface area (Å²) in [6, 6.07) is 14.9. The largest absolute Gasteiger partial charge is 0.519 e. The molecule has 0 amide bonds. The summed E-state index contributed by atoms with van der Waals surface area (Å²) >= 11 is 0. The van der Waals surface area contributed by atoms with Gasteiger partial charge in [-0.15, -0.1) is 0 Å². The molecular weight excluding hydrogens is 244 g/mol. The number of hydrogen-bond acceptors (Lipinski definition) is 4. The Hall–Kier alpha value is -2.62. The van der Waals surface area contributed by atoms with Gasteiger partial charge in [0.2, 0.25) is 0 Å². The highest BCUT2D eigenvalue weighted by Gasteiger charge is 2.08. The first-order chi connectivity index (χ1) is 9.15. The summed E-state index contributed by atoms with van der Waals surface area (Å²) < 4.78 is 9.95. The molecule has 0 fully saturated rings. The summed E-state index contributed by atoms with van der Waals surface area (Å²) in [7, 11) is 0. The first kappa shape index (κ1) is 12.8. The lowest BCUT2D eigenvalue weighted by Gasteiger charge is -2.05. The molecule has 0 heterocycles. The topological polar surface area (TPSA) is 52.6 Å². The van der Waals surface area contributed by atoms with Crippen LogP contribution in [0.25, 0.3) is 0 Å². The molecule has 19 heavy (non-hydrogen) atoms. The van der Waals surface area contributed by atoms with Gasteiger partial charge in [-0.05, 0) is 43.3 Å². The van der Waals surface area contributed by atoms with Crippen LogP contribution >= 0.6 is 0 Å². The zero-order valence-corrected chi connectivity index (χ0v) is 10.3. The van der Waals surface area contributed by atoms with Crippen molar-refractivity contribution in [1.82, 2.24) is 0 Å². The van der Waals surface area contributed by atoms with Crippen LogP contribution in [0.4, 0.5) is 4.79 Å². The maximum Gasteiger partial charge on any atom is 0.519 e. The molecule has 0 spiro atoms. The molecule has 2 rings (SSSR count). The Morgan fingerprint density at radius 2 is 1.32 bits per heavy atom. The van der Waals surface area contributed by atoms with Gasteiger partial charge in [-0.3, -0.25) is 4.79 Å². The minimum Gasteiger partial charge on any atom is -0.395 e. The summed E-state index contributed by atoms with van der Waals surface area (Å²) in [5, 5.41) is 0. The molecule has 0 saturated carbocycles. The lowest BCUT2D eigenvalue weighted by atomic mass is 10.1. The second-order valence-electron chi connectivity index (χ2n) is 3.85. The number of benzene rings is 2. The summed E-state index contributed by atoms with van der Waals surface area (Å²) in [6.07, 6.45) is -0.818. The minimum atomic E-state index is -0.818. The highest BCUT2D eigenvalue weighted by molar-refractivity contribution is 5.94. The number of Topliss-reactive ketones (excluding diaryl/α,β-unsaturated/α-hetero) is 1. The van der Waals surface area contributed by atoms with Crippen LogP contribution in [-0.4, -0.2) is 11.9 Å². The van der Waals surface area contributed by atoms with Crippen LogP contribution in [0.5, 0.6) is 11.5 Å². The molecule has 96 valence electrons. The first-order valence-corrected chi connectivity index (χ1v) is 5.71. The number of hydrogen-bond donors (Lipinski definition) is 0. The number of carbonyl (C=O) groups is 2. The number of para-hydroxylation sites is 1. The highest BCUT2D eigenvalue weighted by atomic mass is 16.7. The number of rotatable bonds is 3. The van der Waals surface area contributed by atoms with Gasteiger partial charge in [0.25, 0.3) is 0 Å². The van der Waals surface area contributed by atoms with Crippen LogP contribution in [-0.2, 0) is 0 Å². The van der Waals surface area contributed by atoms with Gasteiger partial charge in [-0.25, -0.2) is 4.79 Å². The zero-order valence-electron chi connectivity index (χ0n) is 10.3. The second kappa shape index (κ2) is 5.82. The summed E-state index contributed by atoms with van der Waals surface area (Å²) in [5.74, 6) is 0.692. The van der Waals surface area contributed by atoms with E-state index in [1.165, 1.54) is 6.92 Å². The third-order valence-corrected chi connectivity index (χ3v) is 2.41. The summed E-state index contributed by atoms with van der Waals surface area (Å²) in [6.45, 7) is 1.47. The summed E-state index contributed by atoms with van der Waals surface area (Å²) in [4.78, 5) is 22.6. The average Bonchev–Trinajstić information content (AvgIpc) is 2.40. The lowest BCUT2D eigenvalue weighted by Crippen LogP contribution is -2.13. The molecule has 0 radical (unpaired) electrons. The van der Waals surface area contributed by atoms with E-state index in [0.717, 1.165) is 0 Å². The molecule has 0 bridgehead atoms. The summed E-state index contributed by atoms with van der Waals surface area (Å²) in [5.41, 5.74) is 0.559. The lowest BCUT2D eigenvalue weighted by molar-refractivity contribution is 0.101. The fourth-order valence-corrected chi connectivity index (χ4v) is 1.46. The molecule has 0 N–H and O–H groups in total. The number of ketones is 1. The van der Waals surface area contributed by atoms with Crippen molar-refractivity contribution >= 4 is 11.9 Å². The van der Waals surface area contributed by atoms with E-state index in [1.807, 2.05) is 6.07 Å². The van der Waals surface area contributed by atoms with E-state index in [4.69, 9.17) is 9.47 Å². The van der Waals surface area contributed by atoms with Gasteiger partial charge in [0, 0.05) is 5.56 Å². The molecule has 4 heteroatoms. The van der Waals surface area contributed by atoms with Crippen molar-refractivity contribution in [2.45, 2.75) is 6.92 Å². The molecule has 0 aromatic heterocycles. The molecule has 0 aliphatic heterocycles. The van der Waals surface area contributed by atoms with Crippen molar-refractivity contribution in [3.63, 3.8) is 0 Å². The van der Waals surface area contributed by atoms with E-state index in [-0.39, 0.29) is 5.78 Å². The maximum atomic E-state index is 11.5. The van der Waals surface area contributed by atoms with Crippen molar-refractivity contribution in [3.8, 4) is 11.5 Å². The second-order valence-corrected chi connectivity index (χ2v) is 3.85. The molecular formula is C15H12O4. The van der Waals surface area contributed by atoms with E-state index in [0.29, 0.717) is 17.1 Å². The van der Waals surface area contributed by atoms with Crippen LogP contribution in [0.15, 0.2) is 54.6 Å². The van der Waals surface area contributed by atoms with Gasteiger partial charge >= 0.3 is 6.16 Å². The Kier molecular flexibility index (Phi) is 3.93. The monoisotopic (exact) mass is 256 g/mol. The van der Waals surface area contributed by atoms with Crippen molar-refractivity contribution in [1.29, 1.82) is 0 Å². The minimum absolute atomic E-state index is 0.0431. The molecule has 0 atom stereocenters. The predicted molar refractivity (Wildman–Crippen MR) is 69.5 cm³/mol. The third kappa shape index (κ3) is 3.67. The van der Waals surface area contributed by atoms with E-state index in [9.17, 15) is 9.59 Å². The van der Waals surface area contributed by atoms with Crippen LogP contribution in [0.3, 0.4) is 0 Å². The highest BCUT2D eigenvalue weighted by Crippen LogP contribution is 2.15. The number of ether oxygens (including phenoxy) is 2. The Labute approximate surface area is 110 Å². The Morgan fingerprint density at radius 1 is 0.789 bits per heavy atom. The van der Waals surface area contributed by atoms with E-state index < -0.39 is 6.16 Å². The van der Waals surface area contributed by atoms with Crippen LogP contribution in [0.1, 0.15) is 17.3 Å². The third-order valence-electron chi connectivity index (χ3n) is 2.41. The number of carbonyl (C=O) groups excluding carboxylic acids is 2. The van der Waals surface area contributed by atoms with Crippen molar-refractivity contribution in [2.24, 2.45) is 0 Å². The molecule has 0 aliphatic rings. The fourth-order valence-electron chi connectivity index (χ4n) is 1.46. The van der Waals surface area contributed by atoms with Crippen molar-refractivity contribution in [3.05, 3.63) is 60.2 Å². The first-order valence-electron chi connectivity index (χ1n) is 5.71. The van der Waals surface area contributed by atoms with Gasteiger partial charge < -0.3 is 9.47 Å². The molecule has 2 aromatic carbocycles. The smallest absolute Gasteiger partial charge is 0.395 e. The Morgan fingerprint density at radius 3 is 1.84 bits per heavy atom. The van der Waals surface area contributed by atoms with Gasteiger partial charge in [0.05, 0.1) is 0 Å². The van der Waals surface area contributed by atoms with Crippen LogP contribution in [0.2, 0.25) is 0 Å². The standard InChI is InChI=1S/C15H12O4/c1-11(16)12-7-9-14(10-8-12)19-15(17)18-13-5-3-2-4-6-13/h2-10H,1H3. The van der Waals surface area contributed by atoms with E-state index >= 15 is 0 Å².